The van der Waals surface area contributed by atoms with Crippen molar-refractivity contribution in [2.24, 2.45) is 5.41 Å². The van der Waals surface area contributed by atoms with E-state index in [-0.39, 0.29) is 17.9 Å². The van der Waals surface area contributed by atoms with Gasteiger partial charge in [0.2, 0.25) is 0 Å². The fourth-order valence-corrected chi connectivity index (χ4v) is 4.74. The summed E-state index contributed by atoms with van der Waals surface area (Å²) >= 11 is 0. The number of aromatic nitrogens is 2. The molecule has 5 rings (SSSR count). The quantitative estimate of drug-likeness (QED) is 0.776. The number of aliphatic hydroxyl groups is 1. The molecule has 0 unspecified atom stereocenters. The summed E-state index contributed by atoms with van der Waals surface area (Å²) in [6.07, 6.45) is 8.08. The first-order valence-electron chi connectivity index (χ1n) is 11.7. The Morgan fingerprint density at radius 1 is 1.06 bits per heavy atom. The molecule has 172 valence electrons. The molecule has 1 saturated heterocycles. The molecule has 7 nitrogen and oxygen atoms in total. The molecular formula is C25H34N4O3. The molecule has 0 atom stereocenters. The van der Waals surface area contributed by atoms with Crippen molar-refractivity contribution in [3.05, 3.63) is 53.6 Å². The van der Waals surface area contributed by atoms with E-state index in [4.69, 9.17) is 4.74 Å². The van der Waals surface area contributed by atoms with Crippen molar-refractivity contribution in [1.82, 2.24) is 19.8 Å². The van der Waals surface area contributed by atoms with Crippen LogP contribution in [0, 0.1) is 12.3 Å². The Morgan fingerprint density at radius 3 is 2.62 bits per heavy atom. The van der Waals surface area contributed by atoms with Crippen LogP contribution in [0.1, 0.15) is 53.8 Å². The normalized spacial score (nSPS) is 24.7. The number of aryl methyl sites for hydroxylation is 1. The van der Waals surface area contributed by atoms with Crippen molar-refractivity contribution in [2.75, 3.05) is 39.4 Å². The lowest BCUT2D eigenvalue weighted by Gasteiger charge is -2.41. The van der Waals surface area contributed by atoms with Crippen molar-refractivity contribution < 1.29 is 14.6 Å². The molecule has 1 aromatic carbocycles. The van der Waals surface area contributed by atoms with Gasteiger partial charge in [0.15, 0.2) is 0 Å². The fourth-order valence-electron chi connectivity index (χ4n) is 4.74. The number of carbonyl (C=O) groups is 1. The van der Waals surface area contributed by atoms with E-state index < -0.39 is 0 Å². The maximum Gasteiger partial charge on any atom is 0.274 e. The summed E-state index contributed by atoms with van der Waals surface area (Å²) in [5, 5.41) is 10.2. The van der Waals surface area contributed by atoms with Crippen LogP contribution in [0.5, 0.6) is 5.75 Å². The van der Waals surface area contributed by atoms with Crippen molar-refractivity contribution >= 4 is 5.91 Å². The third kappa shape index (κ3) is 5.45. The smallest absolute Gasteiger partial charge is 0.274 e. The largest absolute Gasteiger partial charge is 0.491 e. The Balaban J connectivity index is 1.53. The second-order valence-corrected chi connectivity index (χ2v) is 9.18. The summed E-state index contributed by atoms with van der Waals surface area (Å²) in [6.45, 7) is 6.50. The van der Waals surface area contributed by atoms with Gasteiger partial charge in [-0.05, 0) is 57.2 Å². The van der Waals surface area contributed by atoms with E-state index >= 15 is 0 Å². The van der Waals surface area contributed by atoms with Crippen molar-refractivity contribution in [3.8, 4) is 5.75 Å². The minimum absolute atomic E-state index is 0.00394. The van der Waals surface area contributed by atoms with Gasteiger partial charge < -0.3 is 14.7 Å². The van der Waals surface area contributed by atoms with Gasteiger partial charge in [-0.3, -0.25) is 14.7 Å². The van der Waals surface area contributed by atoms with E-state index in [9.17, 15) is 9.90 Å². The summed E-state index contributed by atoms with van der Waals surface area (Å²) < 4.78 is 6.15. The predicted molar refractivity (Wildman–Crippen MR) is 122 cm³/mol. The van der Waals surface area contributed by atoms with Crippen LogP contribution in [0.4, 0.5) is 0 Å². The van der Waals surface area contributed by atoms with Crippen molar-refractivity contribution in [3.63, 3.8) is 0 Å². The molecule has 3 aliphatic heterocycles. The van der Waals surface area contributed by atoms with Crippen LogP contribution in [0.2, 0.25) is 0 Å². The summed E-state index contributed by atoms with van der Waals surface area (Å²) in [6, 6.07) is 8.16. The number of fused-ring (bicyclic) bond motifs is 9. The fraction of sp³-hybridized carbons (Fsp3) is 0.560. The Bertz CT molecular complexity index is 894. The Morgan fingerprint density at radius 2 is 1.88 bits per heavy atom. The first kappa shape index (κ1) is 22.7. The van der Waals surface area contributed by atoms with Crippen LogP contribution in [0.15, 0.2) is 36.7 Å². The van der Waals surface area contributed by atoms with Gasteiger partial charge in [-0.2, -0.15) is 0 Å². The Hall–Kier alpha value is -2.51. The van der Waals surface area contributed by atoms with E-state index in [1.54, 1.807) is 12.4 Å². The Kier molecular flexibility index (Phi) is 7.37. The van der Waals surface area contributed by atoms with E-state index in [0.717, 1.165) is 63.2 Å². The highest BCUT2D eigenvalue weighted by molar-refractivity contribution is 5.92. The highest BCUT2D eigenvalue weighted by Gasteiger charge is 2.34. The topological polar surface area (TPSA) is 78.8 Å². The van der Waals surface area contributed by atoms with Crippen LogP contribution in [-0.2, 0) is 6.54 Å². The van der Waals surface area contributed by atoms with Crippen LogP contribution in [-0.4, -0.2) is 70.2 Å². The third-order valence-electron chi connectivity index (χ3n) is 6.91. The number of ether oxygens (including phenoxy) is 1. The molecule has 1 aromatic heterocycles. The maximum atomic E-state index is 13.1. The van der Waals surface area contributed by atoms with Gasteiger partial charge in [0.1, 0.15) is 18.1 Å². The molecule has 0 radical (unpaired) electrons. The predicted octanol–water partition coefficient (Wildman–Crippen LogP) is 3.06. The summed E-state index contributed by atoms with van der Waals surface area (Å²) in [4.78, 5) is 25.9. The minimum Gasteiger partial charge on any atom is -0.491 e. The second-order valence-electron chi connectivity index (χ2n) is 9.18. The van der Waals surface area contributed by atoms with E-state index in [1.807, 2.05) is 30.0 Å². The molecule has 7 heteroatoms. The molecule has 3 aliphatic rings. The Labute approximate surface area is 190 Å². The first-order chi connectivity index (χ1) is 15.6. The van der Waals surface area contributed by atoms with Gasteiger partial charge in [-0.15, -0.1) is 0 Å². The maximum absolute atomic E-state index is 13.1. The number of amides is 1. The molecule has 1 amide bonds. The molecule has 2 bridgehead atoms. The van der Waals surface area contributed by atoms with Crippen LogP contribution < -0.4 is 4.74 Å². The van der Waals surface area contributed by atoms with E-state index in [2.05, 4.69) is 20.9 Å². The molecule has 0 saturated carbocycles. The molecule has 0 aliphatic carbocycles. The van der Waals surface area contributed by atoms with Crippen LogP contribution in [0.3, 0.4) is 0 Å². The average molecular weight is 439 g/mol. The van der Waals surface area contributed by atoms with E-state index in [1.165, 1.54) is 5.56 Å². The lowest BCUT2D eigenvalue weighted by molar-refractivity contribution is 0.0319. The SMILES string of the molecule is Cc1cnc(C(=O)N2CCCCC3(CO)CCN(CC3)Cc3ccccc3OCC2)cn1. The zero-order valence-corrected chi connectivity index (χ0v) is 19.0. The van der Waals surface area contributed by atoms with Gasteiger partial charge in [0, 0.05) is 31.5 Å². The summed E-state index contributed by atoms with van der Waals surface area (Å²) in [7, 11) is 0. The first-order valence-corrected chi connectivity index (χ1v) is 11.7. The van der Waals surface area contributed by atoms with Gasteiger partial charge in [-0.25, -0.2) is 4.98 Å². The van der Waals surface area contributed by atoms with Gasteiger partial charge in [0.25, 0.3) is 5.91 Å². The van der Waals surface area contributed by atoms with Gasteiger partial charge >= 0.3 is 0 Å². The second kappa shape index (κ2) is 10.4. The molecular weight excluding hydrogens is 404 g/mol. The number of piperidine rings is 1. The number of para-hydroxylation sites is 1. The van der Waals surface area contributed by atoms with Gasteiger partial charge in [-0.1, -0.05) is 24.6 Å². The lowest BCUT2D eigenvalue weighted by Crippen LogP contribution is -2.41. The standard InChI is InChI=1S/C25H34N4O3/c1-20-16-27-22(17-26-20)24(31)29-11-5-4-8-25(19-30)9-12-28(13-10-25)18-21-6-2-3-7-23(21)32-15-14-29/h2-3,6-7,16-17,30H,4-5,8-15,18-19H2,1H3. The zero-order valence-electron chi connectivity index (χ0n) is 19.0. The number of aliphatic hydroxyl groups excluding tert-OH is 1. The molecule has 0 spiro atoms. The molecule has 1 fully saturated rings. The monoisotopic (exact) mass is 438 g/mol. The molecule has 4 heterocycles. The van der Waals surface area contributed by atoms with Crippen LogP contribution >= 0.6 is 0 Å². The highest BCUT2D eigenvalue weighted by atomic mass is 16.5. The van der Waals surface area contributed by atoms with Crippen molar-refractivity contribution in [2.45, 2.75) is 45.6 Å². The lowest BCUT2D eigenvalue weighted by atomic mass is 9.75. The van der Waals surface area contributed by atoms with Crippen LogP contribution in [0.25, 0.3) is 0 Å². The molecule has 1 N–H and O–H groups in total. The molecule has 32 heavy (non-hydrogen) atoms. The third-order valence-corrected chi connectivity index (χ3v) is 6.91. The van der Waals surface area contributed by atoms with Gasteiger partial charge in [0.05, 0.1) is 18.4 Å². The molecule has 2 aromatic rings. The average Bonchev–Trinajstić information content (AvgIpc) is 2.83. The highest BCUT2D eigenvalue weighted by Crippen LogP contribution is 2.37. The number of hydrogen-bond acceptors (Lipinski definition) is 6. The zero-order chi connectivity index (χ0) is 22.4. The number of hydrogen-bond donors (Lipinski definition) is 1. The summed E-state index contributed by atoms with van der Waals surface area (Å²) in [5.74, 6) is 0.770. The van der Waals surface area contributed by atoms with E-state index in [0.29, 0.717) is 25.4 Å². The minimum atomic E-state index is -0.109. The number of carbonyl (C=O) groups excluding carboxylic acids is 1. The number of nitrogens with zero attached hydrogens (tertiary/aromatic N) is 4. The van der Waals surface area contributed by atoms with Crippen molar-refractivity contribution in [1.29, 1.82) is 0 Å². The number of benzene rings is 1. The summed E-state index contributed by atoms with van der Waals surface area (Å²) in [5.41, 5.74) is 2.33. The number of rotatable bonds is 2.